The van der Waals surface area contributed by atoms with Crippen molar-refractivity contribution in [2.24, 2.45) is 0 Å². The number of aromatic nitrogens is 3. The minimum absolute atomic E-state index is 0.766. The first-order valence-corrected chi connectivity index (χ1v) is 6.09. The fourth-order valence-electron chi connectivity index (χ4n) is 1.94. The Balaban J connectivity index is 2.01. The normalized spacial score (nSPS) is 11.1. The molecule has 2 N–H and O–H groups in total. The van der Waals surface area contributed by atoms with Gasteiger partial charge in [-0.25, -0.2) is 9.67 Å². The van der Waals surface area contributed by atoms with Crippen molar-refractivity contribution in [1.29, 1.82) is 0 Å². The molecule has 0 aliphatic carbocycles. The summed E-state index contributed by atoms with van der Waals surface area (Å²) in [6.07, 6.45) is 1.60. The van der Waals surface area contributed by atoms with Gasteiger partial charge in [-0.05, 0) is 25.6 Å². The molecule has 18 heavy (non-hydrogen) atoms. The second-order valence-corrected chi connectivity index (χ2v) is 4.36. The molecule has 1 aromatic carbocycles. The summed E-state index contributed by atoms with van der Waals surface area (Å²) >= 11 is 0. The van der Waals surface area contributed by atoms with Crippen molar-refractivity contribution in [3.8, 4) is 0 Å². The van der Waals surface area contributed by atoms with Gasteiger partial charge in [-0.3, -0.25) is 4.90 Å². The molecule has 0 aliphatic heterocycles. The predicted octanol–water partition coefficient (Wildman–Crippen LogP) is 1.51. The van der Waals surface area contributed by atoms with Crippen LogP contribution in [-0.2, 0) is 19.6 Å². The van der Waals surface area contributed by atoms with Crippen LogP contribution in [0.2, 0.25) is 0 Å². The molecule has 0 amide bonds. The summed E-state index contributed by atoms with van der Waals surface area (Å²) in [5, 5.41) is 4.17. The first-order valence-electron chi connectivity index (χ1n) is 6.09. The Morgan fingerprint density at radius 2 is 2.06 bits per heavy atom. The van der Waals surface area contributed by atoms with Gasteiger partial charge in [-0.15, -0.1) is 0 Å². The Labute approximate surface area is 107 Å². The second kappa shape index (κ2) is 5.64. The molecule has 1 aromatic heterocycles. The number of nitrogens with two attached hydrogens (primary N) is 1. The number of hydrogen-bond acceptors (Lipinski definition) is 4. The predicted molar refractivity (Wildman–Crippen MR) is 71.7 cm³/mol. The van der Waals surface area contributed by atoms with Crippen molar-refractivity contribution in [3.05, 3.63) is 42.0 Å². The van der Waals surface area contributed by atoms with Crippen LogP contribution in [-0.4, -0.2) is 26.7 Å². The number of para-hydroxylation sites is 1. The van der Waals surface area contributed by atoms with E-state index < -0.39 is 0 Å². The van der Waals surface area contributed by atoms with Gasteiger partial charge < -0.3 is 5.73 Å². The molecule has 0 saturated heterocycles. The van der Waals surface area contributed by atoms with Gasteiger partial charge in [0.2, 0.25) is 0 Å². The highest BCUT2D eigenvalue weighted by atomic mass is 15.3. The molecule has 0 aliphatic rings. The number of benzene rings is 1. The third kappa shape index (κ3) is 2.87. The summed E-state index contributed by atoms with van der Waals surface area (Å²) in [4.78, 5) is 6.45. The van der Waals surface area contributed by atoms with E-state index in [-0.39, 0.29) is 0 Å². The van der Waals surface area contributed by atoms with E-state index in [1.54, 1.807) is 6.33 Å². The van der Waals surface area contributed by atoms with Crippen LogP contribution in [0, 0.1) is 0 Å². The summed E-state index contributed by atoms with van der Waals surface area (Å²) in [6.45, 7) is 4.48. The van der Waals surface area contributed by atoms with Crippen molar-refractivity contribution >= 4 is 5.69 Å². The van der Waals surface area contributed by atoms with Crippen molar-refractivity contribution in [2.45, 2.75) is 26.6 Å². The largest absolute Gasteiger partial charge is 0.398 e. The lowest BCUT2D eigenvalue weighted by Crippen LogP contribution is -2.21. The monoisotopic (exact) mass is 245 g/mol. The van der Waals surface area contributed by atoms with E-state index >= 15 is 0 Å². The van der Waals surface area contributed by atoms with Crippen molar-refractivity contribution in [2.75, 3.05) is 12.8 Å². The van der Waals surface area contributed by atoms with Gasteiger partial charge in [-0.1, -0.05) is 18.2 Å². The van der Waals surface area contributed by atoms with E-state index in [9.17, 15) is 0 Å². The first kappa shape index (κ1) is 12.6. The van der Waals surface area contributed by atoms with E-state index in [0.29, 0.717) is 0 Å². The fraction of sp³-hybridized carbons (Fsp3) is 0.385. The number of nitrogens with zero attached hydrogens (tertiary/aromatic N) is 4. The Morgan fingerprint density at radius 1 is 1.28 bits per heavy atom. The molecule has 0 bridgehead atoms. The Hall–Kier alpha value is -1.88. The number of aryl methyl sites for hydroxylation is 1. The zero-order valence-corrected chi connectivity index (χ0v) is 10.9. The SMILES string of the molecule is CCn1ncnc1CN(C)Cc1ccccc1N. The highest BCUT2D eigenvalue weighted by Crippen LogP contribution is 2.13. The maximum absolute atomic E-state index is 5.94. The molecule has 1 heterocycles. The summed E-state index contributed by atoms with van der Waals surface area (Å²) in [7, 11) is 2.06. The highest BCUT2D eigenvalue weighted by molar-refractivity contribution is 5.46. The molecular weight excluding hydrogens is 226 g/mol. The van der Waals surface area contributed by atoms with Crippen molar-refractivity contribution in [1.82, 2.24) is 19.7 Å². The average Bonchev–Trinajstić information content (AvgIpc) is 2.79. The molecule has 0 spiro atoms. The Bertz CT molecular complexity index is 506. The number of nitrogen functional groups attached to an aromatic ring is 1. The van der Waals surface area contributed by atoms with Gasteiger partial charge in [0.15, 0.2) is 0 Å². The van der Waals surface area contributed by atoms with Gasteiger partial charge in [0.1, 0.15) is 12.2 Å². The molecule has 96 valence electrons. The molecule has 0 saturated carbocycles. The van der Waals surface area contributed by atoms with Crippen LogP contribution in [0.1, 0.15) is 18.3 Å². The zero-order chi connectivity index (χ0) is 13.0. The van der Waals surface area contributed by atoms with Crippen molar-refractivity contribution < 1.29 is 0 Å². The highest BCUT2D eigenvalue weighted by Gasteiger charge is 2.08. The number of hydrogen-bond donors (Lipinski definition) is 1. The van der Waals surface area contributed by atoms with Gasteiger partial charge in [0.05, 0.1) is 6.54 Å². The van der Waals surface area contributed by atoms with Crippen LogP contribution in [0.4, 0.5) is 5.69 Å². The van der Waals surface area contributed by atoms with Crippen LogP contribution >= 0.6 is 0 Å². The van der Waals surface area contributed by atoms with Gasteiger partial charge >= 0.3 is 0 Å². The molecule has 0 atom stereocenters. The summed E-state index contributed by atoms with van der Waals surface area (Å²) in [5.41, 5.74) is 7.91. The molecule has 0 unspecified atom stereocenters. The van der Waals surface area contributed by atoms with E-state index in [1.165, 1.54) is 0 Å². The van der Waals surface area contributed by atoms with E-state index in [4.69, 9.17) is 5.73 Å². The average molecular weight is 245 g/mol. The number of rotatable bonds is 5. The van der Waals surface area contributed by atoms with Crippen molar-refractivity contribution in [3.63, 3.8) is 0 Å². The minimum atomic E-state index is 0.766. The summed E-state index contributed by atoms with van der Waals surface area (Å²) in [6, 6.07) is 7.94. The molecule has 0 radical (unpaired) electrons. The molecular formula is C13H19N5. The second-order valence-electron chi connectivity index (χ2n) is 4.36. The number of anilines is 1. The van der Waals surface area contributed by atoms with Crippen LogP contribution in [0.3, 0.4) is 0 Å². The molecule has 0 fully saturated rings. The van der Waals surface area contributed by atoms with E-state index in [2.05, 4.69) is 35.0 Å². The maximum atomic E-state index is 5.94. The summed E-state index contributed by atoms with van der Waals surface area (Å²) in [5.74, 6) is 0.981. The fourth-order valence-corrected chi connectivity index (χ4v) is 1.94. The maximum Gasteiger partial charge on any atom is 0.140 e. The lowest BCUT2D eigenvalue weighted by atomic mass is 10.2. The standard InChI is InChI=1S/C13H19N5/c1-3-18-13(15-10-16-18)9-17(2)8-11-6-4-5-7-12(11)14/h4-7,10H,3,8-9,14H2,1-2H3. The minimum Gasteiger partial charge on any atom is -0.398 e. The lowest BCUT2D eigenvalue weighted by Gasteiger charge is -2.17. The van der Waals surface area contributed by atoms with Gasteiger partial charge in [0.25, 0.3) is 0 Å². The van der Waals surface area contributed by atoms with Gasteiger partial charge in [0, 0.05) is 18.8 Å². The first-order chi connectivity index (χ1) is 8.70. The Kier molecular flexibility index (Phi) is 3.94. The van der Waals surface area contributed by atoms with Crippen LogP contribution in [0.15, 0.2) is 30.6 Å². The topological polar surface area (TPSA) is 60.0 Å². The molecule has 2 rings (SSSR count). The molecule has 2 aromatic rings. The molecule has 5 nitrogen and oxygen atoms in total. The molecule has 5 heteroatoms. The smallest absolute Gasteiger partial charge is 0.140 e. The summed E-state index contributed by atoms with van der Waals surface area (Å²) < 4.78 is 1.91. The van der Waals surface area contributed by atoms with E-state index in [0.717, 1.165) is 36.7 Å². The van der Waals surface area contributed by atoms with E-state index in [1.807, 2.05) is 22.9 Å². The zero-order valence-electron chi connectivity index (χ0n) is 10.9. The van der Waals surface area contributed by atoms with Crippen LogP contribution in [0.5, 0.6) is 0 Å². The third-order valence-electron chi connectivity index (χ3n) is 2.90. The van der Waals surface area contributed by atoms with Gasteiger partial charge in [-0.2, -0.15) is 5.10 Å². The third-order valence-corrected chi connectivity index (χ3v) is 2.90. The van der Waals surface area contributed by atoms with Crippen LogP contribution < -0.4 is 5.73 Å². The quantitative estimate of drug-likeness (QED) is 0.811. The lowest BCUT2D eigenvalue weighted by molar-refractivity contribution is 0.303. The van der Waals surface area contributed by atoms with Crippen LogP contribution in [0.25, 0.3) is 0 Å². The Morgan fingerprint density at radius 3 is 2.78 bits per heavy atom.